The number of nitro benzene ring substituents is 1. The van der Waals surface area contributed by atoms with E-state index < -0.39 is 11.6 Å². The number of benzene rings is 1. The fourth-order valence-electron chi connectivity index (χ4n) is 0.839. The molecule has 0 unspecified atom stereocenters. The van der Waals surface area contributed by atoms with Gasteiger partial charge >= 0.3 is 0 Å². The van der Waals surface area contributed by atoms with Gasteiger partial charge in [0.15, 0.2) is 0 Å². The summed E-state index contributed by atoms with van der Waals surface area (Å²) in [7, 11) is 0. The quantitative estimate of drug-likeness (QED) is 0.530. The van der Waals surface area contributed by atoms with Crippen molar-refractivity contribution < 1.29 is 9.31 Å². The Morgan fingerprint density at radius 2 is 2.25 bits per heavy atom. The number of halogens is 2. The zero-order chi connectivity index (χ0) is 9.14. The van der Waals surface area contributed by atoms with Crippen molar-refractivity contribution >= 4 is 17.3 Å². The Balaban J connectivity index is 3.20. The van der Waals surface area contributed by atoms with Gasteiger partial charge < -0.3 is 0 Å². The van der Waals surface area contributed by atoms with Crippen LogP contribution in [0.5, 0.6) is 0 Å². The van der Waals surface area contributed by atoms with Gasteiger partial charge in [-0.15, -0.1) is 0 Å². The van der Waals surface area contributed by atoms with Crippen molar-refractivity contribution in [3.63, 3.8) is 0 Å². The summed E-state index contributed by atoms with van der Waals surface area (Å²) in [6.45, 7) is -0.878. The van der Waals surface area contributed by atoms with Gasteiger partial charge in [-0.2, -0.15) is 0 Å². The molecule has 0 fully saturated rings. The molecule has 5 heteroatoms. The number of nitro groups is 1. The van der Waals surface area contributed by atoms with Crippen LogP contribution in [0.1, 0.15) is 5.56 Å². The summed E-state index contributed by atoms with van der Waals surface area (Å²) in [5.74, 6) is 0. The number of rotatable bonds is 2. The summed E-state index contributed by atoms with van der Waals surface area (Å²) in [6, 6.07) is 3.80. The van der Waals surface area contributed by atoms with E-state index in [2.05, 4.69) is 0 Å². The molecule has 0 atom stereocenters. The molecule has 0 aromatic heterocycles. The molecule has 3 nitrogen and oxygen atoms in total. The van der Waals surface area contributed by atoms with Gasteiger partial charge in [-0.25, -0.2) is 4.39 Å². The molecule has 0 spiro atoms. The third-order valence-electron chi connectivity index (χ3n) is 1.38. The molecular weight excluding hydrogens is 185 g/mol. The highest BCUT2D eigenvalue weighted by atomic mass is 35.5. The lowest BCUT2D eigenvalue weighted by atomic mass is 10.2. The first-order valence-corrected chi connectivity index (χ1v) is 3.51. The molecule has 1 aromatic carbocycles. The van der Waals surface area contributed by atoms with Gasteiger partial charge in [-0.3, -0.25) is 10.1 Å². The van der Waals surface area contributed by atoms with E-state index in [0.29, 0.717) is 5.02 Å². The van der Waals surface area contributed by atoms with Crippen molar-refractivity contribution in [2.45, 2.75) is 6.67 Å². The Morgan fingerprint density at radius 3 is 2.75 bits per heavy atom. The monoisotopic (exact) mass is 189 g/mol. The Morgan fingerprint density at radius 1 is 1.58 bits per heavy atom. The normalized spacial score (nSPS) is 9.83. The Hall–Kier alpha value is -1.16. The minimum absolute atomic E-state index is 0.00694. The number of hydrogen-bond donors (Lipinski definition) is 0. The van der Waals surface area contributed by atoms with Gasteiger partial charge in [0.2, 0.25) is 0 Å². The highest BCUT2D eigenvalue weighted by Gasteiger charge is 2.12. The number of nitrogens with zero attached hydrogens (tertiary/aromatic N) is 1. The minimum atomic E-state index is -0.878. The molecule has 1 aromatic rings. The molecular formula is C7H5ClFNO2. The van der Waals surface area contributed by atoms with E-state index in [-0.39, 0.29) is 11.3 Å². The Kier molecular flexibility index (Phi) is 2.60. The topological polar surface area (TPSA) is 43.1 Å². The first kappa shape index (κ1) is 8.93. The van der Waals surface area contributed by atoms with Crippen molar-refractivity contribution in [3.8, 4) is 0 Å². The van der Waals surface area contributed by atoms with E-state index in [4.69, 9.17) is 11.6 Å². The van der Waals surface area contributed by atoms with Crippen LogP contribution in [-0.4, -0.2) is 4.92 Å². The second kappa shape index (κ2) is 3.49. The molecule has 0 heterocycles. The maximum atomic E-state index is 12.2. The van der Waals surface area contributed by atoms with Gasteiger partial charge in [-0.1, -0.05) is 11.6 Å². The Labute approximate surface area is 72.9 Å². The zero-order valence-electron chi connectivity index (χ0n) is 5.96. The van der Waals surface area contributed by atoms with E-state index in [1.165, 1.54) is 18.2 Å². The van der Waals surface area contributed by atoms with E-state index in [0.717, 1.165) is 0 Å². The Bertz CT molecular complexity index is 316. The van der Waals surface area contributed by atoms with E-state index in [1.54, 1.807) is 0 Å². The summed E-state index contributed by atoms with van der Waals surface area (Å²) in [5, 5.41) is 10.6. The van der Waals surface area contributed by atoms with E-state index in [1.807, 2.05) is 0 Å². The molecule has 0 bridgehead atoms. The SMILES string of the molecule is O=[N+]([O-])c1ccc(Cl)cc1CF. The maximum absolute atomic E-state index is 12.2. The molecule has 12 heavy (non-hydrogen) atoms. The first-order chi connectivity index (χ1) is 5.65. The largest absolute Gasteiger partial charge is 0.275 e. The standard InChI is InChI=1S/C7H5ClFNO2/c8-6-1-2-7(10(11)12)5(3-6)4-9/h1-3H,4H2. The summed E-state index contributed by atoms with van der Waals surface area (Å²) in [6.07, 6.45) is 0. The second-order valence-corrected chi connectivity index (χ2v) is 2.60. The fraction of sp³-hybridized carbons (Fsp3) is 0.143. The fourth-order valence-corrected chi connectivity index (χ4v) is 1.03. The minimum Gasteiger partial charge on any atom is -0.258 e. The molecule has 1 rings (SSSR count). The summed E-state index contributed by atoms with van der Waals surface area (Å²) < 4.78 is 12.2. The maximum Gasteiger partial charge on any atom is 0.275 e. The van der Waals surface area contributed by atoms with Crippen LogP contribution in [0, 0.1) is 10.1 Å². The number of alkyl halides is 1. The highest BCUT2D eigenvalue weighted by molar-refractivity contribution is 6.30. The lowest BCUT2D eigenvalue weighted by Gasteiger charge is -1.97. The molecule has 0 aliphatic heterocycles. The smallest absolute Gasteiger partial charge is 0.258 e. The average Bonchev–Trinajstić information content (AvgIpc) is 2.03. The summed E-state index contributed by atoms with van der Waals surface area (Å²) >= 11 is 5.51. The molecule has 0 N–H and O–H groups in total. The molecule has 0 saturated carbocycles. The van der Waals surface area contributed by atoms with Crippen molar-refractivity contribution in [2.75, 3.05) is 0 Å². The molecule has 0 aliphatic carbocycles. The van der Waals surface area contributed by atoms with Crippen LogP contribution in [0.25, 0.3) is 0 Å². The van der Waals surface area contributed by atoms with Crippen molar-refractivity contribution in [2.24, 2.45) is 0 Å². The predicted octanol–water partition coefficient (Wildman–Crippen LogP) is 2.72. The lowest BCUT2D eigenvalue weighted by Crippen LogP contribution is -1.92. The molecule has 0 aliphatic rings. The van der Waals surface area contributed by atoms with Gasteiger partial charge in [0.1, 0.15) is 6.67 Å². The second-order valence-electron chi connectivity index (χ2n) is 2.16. The predicted molar refractivity (Wildman–Crippen MR) is 42.9 cm³/mol. The van der Waals surface area contributed by atoms with Crippen molar-refractivity contribution in [1.29, 1.82) is 0 Å². The van der Waals surface area contributed by atoms with Gasteiger partial charge in [0.05, 0.1) is 10.5 Å². The lowest BCUT2D eigenvalue weighted by molar-refractivity contribution is -0.385. The zero-order valence-corrected chi connectivity index (χ0v) is 6.71. The highest BCUT2D eigenvalue weighted by Crippen LogP contribution is 2.23. The average molecular weight is 190 g/mol. The van der Waals surface area contributed by atoms with Crippen molar-refractivity contribution in [1.82, 2.24) is 0 Å². The van der Waals surface area contributed by atoms with Gasteiger partial charge in [0.25, 0.3) is 5.69 Å². The van der Waals surface area contributed by atoms with Gasteiger partial charge in [-0.05, 0) is 12.1 Å². The van der Waals surface area contributed by atoms with Crippen LogP contribution < -0.4 is 0 Å². The molecule has 0 radical (unpaired) electrons. The third kappa shape index (κ3) is 1.71. The van der Waals surface area contributed by atoms with Crippen LogP contribution in [0.15, 0.2) is 18.2 Å². The first-order valence-electron chi connectivity index (χ1n) is 3.14. The third-order valence-corrected chi connectivity index (χ3v) is 1.62. The molecule has 64 valence electrons. The van der Waals surface area contributed by atoms with Crippen molar-refractivity contribution in [3.05, 3.63) is 38.9 Å². The molecule has 0 saturated heterocycles. The van der Waals surface area contributed by atoms with E-state index in [9.17, 15) is 14.5 Å². The van der Waals surface area contributed by atoms with Crippen LogP contribution in [0.2, 0.25) is 5.02 Å². The van der Waals surface area contributed by atoms with Crippen LogP contribution >= 0.6 is 11.6 Å². The van der Waals surface area contributed by atoms with Crippen LogP contribution in [0.3, 0.4) is 0 Å². The molecule has 0 amide bonds. The van der Waals surface area contributed by atoms with Gasteiger partial charge in [0, 0.05) is 11.1 Å². The summed E-state index contributed by atoms with van der Waals surface area (Å²) in [4.78, 5) is 9.65. The van der Waals surface area contributed by atoms with E-state index >= 15 is 0 Å². The summed E-state index contributed by atoms with van der Waals surface area (Å²) in [5.41, 5.74) is -0.227. The number of hydrogen-bond acceptors (Lipinski definition) is 2. The van der Waals surface area contributed by atoms with Crippen LogP contribution in [-0.2, 0) is 6.67 Å². The van der Waals surface area contributed by atoms with Crippen LogP contribution in [0.4, 0.5) is 10.1 Å².